The van der Waals surface area contributed by atoms with E-state index in [0.717, 1.165) is 12.1 Å². The monoisotopic (exact) mass is 338 g/mol. The number of pyridine rings is 1. The number of piperidine rings is 1. The Balaban J connectivity index is 1.71. The number of hydrogen-bond acceptors (Lipinski definition) is 3. The number of nitrogens with zero attached hydrogens (tertiary/aromatic N) is 2. The number of carbonyl (C=O) groups is 1. The lowest BCUT2D eigenvalue weighted by atomic mass is 9.81. The Bertz CT molecular complexity index is 698. The minimum absolute atomic E-state index is 0.00719. The third-order valence-corrected chi connectivity index (χ3v) is 5.11. The molecule has 1 aromatic carbocycles. The van der Waals surface area contributed by atoms with Gasteiger partial charge in [0.2, 0.25) is 0 Å². The van der Waals surface area contributed by atoms with Crippen molar-refractivity contribution in [3.63, 3.8) is 0 Å². The molecule has 4 nitrogen and oxygen atoms in total. The zero-order chi connectivity index (χ0) is 17.8. The number of aromatic nitrogens is 1. The van der Waals surface area contributed by atoms with E-state index in [4.69, 9.17) is 0 Å². The van der Waals surface area contributed by atoms with Gasteiger partial charge >= 0.3 is 0 Å². The molecule has 0 saturated carbocycles. The van der Waals surface area contributed by atoms with Crippen molar-refractivity contribution in [3.05, 3.63) is 65.5 Å². The summed E-state index contributed by atoms with van der Waals surface area (Å²) < 4.78 is 0. The van der Waals surface area contributed by atoms with Gasteiger partial charge in [-0.2, -0.15) is 0 Å². The molecule has 1 aliphatic rings. The number of aliphatic hydroxyl groups excluding tert-OH is 1. The number of carbonyl (C=O) groups excluding carboxylic acids is 1. The van der Waals surface area contributed by atoms with Crippen LogP contribution in [0.4, 0.5) is 0 Å². The SMILES string of the molecule is CC(C)c1ccc(C(=O)N2CC[C@@H](c3ccccc3)[C@@H](CO)C2)cn1. The fourth-order valence-electron chi connectivity index (χ4n) is 3.60. The lowest BCUT2D eigenvalue weighted by molar-refractivity contribution is 0.0577. The third-order valence-electron chi connectivity index (χ3n) is 5.11. The van der Waals surface area contributed by atoms with Crippen molar-refractivity contribution in [2.24, 2.45) is 5.92 Å². The van der Waals surface area contributed by atoms with E-state index >= 15 is 0 Å². The van der Waals surface area contributed by atoms with Gasteiger partial charge in [-0.05, 0) is 36.0 Å². The molecule has 0 bridgehead atoms. The molecule has 0 radical (unpaired) electrons. The van der Waals surface area contributed by atoms with E-state index in [-0.39, 0.29) is 18.4 Å². The van der Waals surface area contributed by atoms with E-state index in [1.165, 1.54) is 5.56 Å². The third kappa shape index (κ3) is 3.90. The van der Waals surface area contributed by atoms with E-state index in [9.17, 15) is 9.90 Å². The van der Waals surface area contributed by atoms with Crippen LogP contribution >= 0.6 is 0 Å². The predicted octanol–water partition coefficient (Wildman–Crippen LogP) is 3.44. The Morgan fingerprint density at radius 1 is 1.24 bits per heavy atom. The first-order valence-corrected chi connectivity index (χ1v) is 9.01. The maximum atomic E-state index is 12.8. The summed E-state index contributed by atoms with van der Waals surface area (Å²) in [5.74, 6) is 0.733. The topological polar surface area (TPSA) is 53.4 Å². The van der Waals surface area contributed by atoms with Crippen LogP contribution < -0.4 is 0 Å². The molecule has 2 heterocycles. The van der Waals surface area contributed by atoms with Crippen LogP contribution in [0, 0.1) is 5.92 Å². The molecule has 0 unspecified atom stereocenters. The van der Waals surface area contributed by atoms with Crippen molar-refractivity contribution in [1.82, 2.24) is 9.88 Å². The van der Waals surface area contributed by atoms with Crippen LogP contribution in [0.5, 0.6) is 0 Å². The Labute approximate surface area is 149 Å². The average molecular weight is 338 g/mol. The number of rotatable bonds is 4. The highest BCUT2D eigenvalue weighted by atomic mass is 16.3. The van der Waals surface area contributed by atoms with Gasteiger partial charge in [-0.3, -0.25) is 9.78 Å². The molecule has 25 heavy (non-hydrogen) atoms. The Morgan fingerprint density at radius 2 is 2.00 bits per heavy atom. The molecule has 1 saturated heterocycles. The molecule has 1 aliphatic heterocycles. The van der Waals surface area contributed by atoms with Gasteiger partial charge in [0.1, 0.15) is 0 Å². The lowest BCUT2D eigenvalue weighted by Crippen LogP contribution is -2.44. The van der Waals surface area contributed by atoms with E-state index in [1.807, 2.05) is 35.2 Å². The Kier molecular flexibility index (Phi) is 5.49. The fraction of sp³-hybridized carbons (Fsp3) is 0.429. The predicted molar refractivity (Wildman–Crippen MR) is 98.6 cm³/mol. The number of likely N-dealkylation sites (tertiary alicyclic amines) is 1. The number of benzene rings is 1. The molecule has 1 N–H and O–H groups in total. The zero-order valence-corrected chi connectivity index (χ0v) is 14.9. The minimum Gasteiger partial charge on any atom is -0.396 e. The van der Waals surface area contributed by atoms with Crippen molar-refractivity contribution in [2.45, 2.75) is 32.1 Å². The molecule has 4 heteroatoms. The molecule has 1 fully saturated rings. The molecule has 2 atom stereocenters. The summed E-state index contributed by atoms with van der Waals surface area (Å²) in [6.07, 6.45) is 2.55. The molecule has 3 rings (SSSR count). The van der Waals surface area contributed by atoms with E-state index in [0.29, 0.717) is 30.5 Å². The summed E-state index contributed by atoms with van der Waals surface area (Å²) in [5.41, 5.74) is 2.86. The first kappa shape index (κ1) is 17.6. The van der Waals surface area contributed by atoms with Crippen LogP contribution in [0.1, 0.15) is 53.7 Å². The van der Waals surface area contributed by atoms with E-state index in [1.54, 1.807) is 6.20 Å². The molecule has 0 spiro atoms. The first-order valence-electron chi connectivity index (χ1n) is 9.01. The first-order chi connectivity index (χ1) is 12.1. The summed E-state index contributed by atoms with van der Waals surface area (Å²) in [4.78, 5) is 19.0. The normalized spacial score (nSPS) is 20.7. The van der Waals surface area contributed by atoms with Crippen molar-refractivity contribution in [1.29, 1.82) is 0 Å². The average Bonchev–Trinajstić information content (AvgIpc) is 2.67. The van der Waals surface area contributed by atoms with Crippen LogP contribution in [-0.2, 0) is 0 Å². The summed E-state index contributed by atoms with van der Waals surface area (Å²) in [5, 5.41) is 9.84. The van der Waals surface area contributed by atoms with Gasteiger partial charge in [-0.15, -0.1) is 0 Å². The summed E-state index contributed by atoms with van der Waals surface area (Å²) in [7, 11) is 0. The van der Waals surface area contributed by atoms with Crippen LogP contribution in [-0.4, -0.2) is 40.6 Å². The van der Waals surface area contributed by atoms with Crippen LogP contribution in [0.25, 0.3) is 0 Å². The largest absolute Gasteiger partial charge is 0.396 e. The molecule has 0 aliphatic carbocycles. The second kappa shape index (κ2) is 7.79. The van der Waals surface area contributed by atoms with Crippen LogP contribution in [0.3, 0.4) is 0 Å². The van der Waals surface area contributed by atoms with Crippen LogP contribution in [0.15, 0.2) is 48.7 Å². The maximum absolute atomic E-state index is 12.8. The summed E-state index contributed by atoms with van der Waals surface area (Å²) in [6.45, 7) is 5.56. The highest BCUT2D eigenvalue weighted by Crippen LogP contribution is 2.33. The molecule has 1 amide bonds. The summed E-state index contributed by atoms with van der Waals surface area (Å²) in [6, 6.07) is 14.1. The van der Waals surface area contributed by atoms with Gasteiger partial charge in [0.15, 0.2) is 0 Å². The molecule has 2 aromatic rings. The van der Waals surface area contributed by atoms with Crippen molar-refractivity contribution in [2.75, 3.05) is 19.7 Å². The van der Waals surface area contributed by atoms with E-state index in [2.05, 4.69) is 31.0 Å². The van der Waals surface area contributed by atoms with Crippen LogP contribution in [0.2, 0.25) is 0 Å². The van der Waals surface area contributed by atoms with Gasteiger partial charge in [0.25, 0.3) is 5.91 Å². The molecular formula is C21H26N2O2. The molecular weight excluding hydrogens is 312 g/mol. The van der Waals surface area contributed by atoms with Gasteiger partial charge in [0, 0.05) is 37.5 Å². The Morgan fingerprint density at radius 3 is 2.60 bits per heavy atom. The number of hydrogen-bond donors (Lipinski definition) is 1. The van der Waals surface area contributed by atoms with Gasteiger partial charge in [-0.25, -0.2) is 0 Å². The standard InChI is InChI=1S/C21H26N2O2/c1-15(2)20-9-8-17(12-22-20)21(25)23-11-10-19(18(13-23)14-24)16-6-4-3-5-7-16/h3-9,12,15,18-19,24H,10-11,13-14H2,1-2H3/t18-,19+/m1/s1. The van der Waals surface area contributed by atoms with E-state index < -0.39 is 0 Å². The second-order valence-corrected chi connectivity index (χ2v) is 7.13. The van der Waals surface area contributed by atoms with Crippen molar-refractivity contribution in [3.8, 4) is 0 Å². The second-order valence-electron chi connectivity index (χ2n) is 7.13. The maximum Gasteiger partial charge on any atom is 0.255 e. The molecule has 1 aromatic heterocycles. The van der Waals surface area contributed by atoms with Gasteiger partial charge in [0.05, 0.1) is 5.56 Å². The quantitative estimate of drug-likeness (QED) is 0.929. The summed E-state index contributed by atoms with van der Waals surface area (Å²) >= 11 is 0. The number of amides is 1. The smallest absolute Gasteiger partial charge is 0.255 e. The molecule has 132 valence electrons. The van der Waals surface area contributed by atoms with Crippen molar-refractivity contribution >= 4 is 5.91 Å². The van der Waals surface area contributed by atoms with Gasteiger partial charge < -0.3 is 10.0 Å². The highest BCUT2D eigenvalue weighted by molar-refractivity contribution is 5.94. The Hall–Kier alpha value is -2.20. The van der Waals surface area contributed by atoms with Crippen molar-refractivity contribution < 1.29 is 9.90 Å². The minimum atomic E-state index is 0.00719. The fourth-order valence-corrected chi connectivity index (χ4v) is 3.60. The highest BCUT2D eigenvalue weighted by Gasteiger charge is 2.32. The zero-order valence-electron chi connectivity index (χ0n) is 14.9. The number of aliphatic hydroxyl groups is 1. The van der Waals surface area contributed by atoms with Gasteiger partial charge in [-0.1, -0.05) is 44.2 Å². The lowest BCUT2D eigenvalue weighted by Gasteiger charge is -2.38.